The first kappa shape index (κ1) is 16.8. The number of nitrogens with one attached hydrogen (secondary N) is 1. The fraction of sp³-hybridized carbons (Fsp3) is 0.200. The zero-order chi connectivity index (χ0) is 18.1. The number of nitrogens with zero attached hydrogens (tertiary/aromatic N) is 2. The molecule has 2 aromatic carbocycles. The highest BCUT2D eigenvalue weighted by molar-refractivity contribution is 7.99. The number of benzene rings is 2. The summed E-state index contributed by atoms with van der Waals surface area (Å²) in [5.41, 5.74) is 4.42. The Balaban J connectivity index is 1.61. The third-order valence-electron chi connectivity index (χ3n) is 4.41. The molecule has 1 aliphatic heterocycles. The number of amides is 1. The smallest absolute Gasteiger partial charge is 0.251 e. The summed E-state index contributed by atoms with van der Waals surface area (Å²) in [5.74, 6) is 0.279. The van der Waals surface area contributed by atoms with E-state index in [1.165, 1.54) is 23.8 Å². The topological polar surface area (TPSA) is 46.9 Å². The van der Waals surface area contributed by atoms with Gasteiger partial charge in [0.2, 0.25) is 0 Å². The quantitative estimate of drug-likeness (QED) is 0.757. The van der Waals surface area contributed by atoms with Crippen molar-refractivity contribution in [3.63, 3.8) is 0 Å². The maximum absolute atomic E-state index is 13.3. The number of aryl methyl sites for hydroxylation is 1. The number of hydrogen-bond acceptors (Lipinski definition) is 3. The van der Waals surface area contributed by atoms with Crippen molar-refractivity contribution in [1.29, 1.82) is 0 Å². The summed E-state index contributed by atoms with van der Waals surface area (Å²) in [6.07, 6.45) is 0. The summed E-state index contributed by atoms with van der Waals surface area (Å²) in [6, 6.07) is 13.9. The molecule has 3 aromatic rings. The molecule has 1 amide bonds. The van der Waals surface area contributed by atoms with Crippen LogP contribution in [0.1, 0.15) is 21.6 Å². The second-order valence-corrected chi connectivity index (χ2v) is 7.31. The van der Waals surface area contributed by atoms with Crippen LogP contribution in [0, 0.1) is 12.7 Å². The minimum atomic E-state index is -0.417. The molecular formula is C20H18FN3OS. The maximum Gasteiger partial charge on any atom is 0.251 e. The third kappa shape index (κ3) is 3.24. The van der Waals surface area contributed by atoms with Crippen molar-refractivity contribution in [2.45, 2.75) is 25.2 Å². The summed E-state index contributed by atoms with van der Waals surface area (Å²) in [7, 11) is 0. The molecule has 0 fully saturated rings. The average molecular weight is 367 g/mol. The van der Waals surface area contributed by atoms with Gasteiger partial charge < -0.3 is 9.88 Å². The van der Waals surface area contributed by atoms with Crippen molar-refractivity contribution in [2.24, 2.45) is 0 Å². The van der Waals surface area contributed by atoms with Crippen LogP contribution < -0.4 is 5.32 Å². The third-order valence-corrected chi connectivity index (χ3v) is 5.37. The van der Waals surface area contributed by atoms with Crippen molar-refractivity contribution in [2.75, 3.05) is 5.75 Å². The number of carbonyl (C=O) groups excluding carboxylic acids is 1. The van der Waals surface area contributed by atoms with Gasteiger partial charge in [0.1, 0.15) is 5.82 Å². The molecule has 0 saturated heterocycles. The van der Waals surface area contributed by atoms with Gasteiger partial charge in [0.15, 0.2) is 5.16 Å². The highest BCUT2D eigenvalue weighted by Gasteiger charge is 2.23. The fourth-order valence-corrected chi connectivity index (χ4v) is 4.02. The number of halogens is 1. The van der Waals surface area contributed by atoms with Crippen LogP contribution >= 0.6 is 11.8 Å². The predicted molar refractivity (Wildman–Crippen MR) is 101 cm³/mol. The molecule has 4 nitrogen and oxygen atoms in total. The fourth-order valence-electron chi connectivity index (χ4n) is 3.05. The Kier molecular flexibility index (Phi) is 4.51. The molecule has 6 heteroatoms. The summed E-state index contributed by atoms with van der Waals surface area (Å²) < 4.78 is 15.5. The van der Waals surface area contributed by atoms with Gasteiger partial charge in [0.25, 0.3) is 5.91 Å². The Morgan fingerprint density at radius 2 is 2.08 bits per heavy atom. The zero-order valence-corrected chi connectivity index (χ0v) is 15.1. The first-order valence-electron chi connectivity index (χ1n) is 8.45. The van der Waals surface area contributed by atoms with E-state index >= 15 is 0 Å². The van der Waals surface area contributed by atoms with Crippen LogP contribution in [0.15, 0.2) is 53.7 Å². The van der Waals surface area contributed by atoms with Crippen LogP contribution in [-0.2, 0) is 13.1 Å². The van der Waals surface area contributed by atoms with E-state index in [-0.39, 0.29) is 5.91 Å². The Morgan fingerprint density at radius 3 is 2.85 bits per heavy atom. The van der Waals surface area contributed by atoms with E-state index in [1.807, 2.05) is 6.92 Å². The molecule has 0 radical (unpaired) electrons. The van der Waals surface area contributed by atoms with Gasteiger partial charge in [-0.2, -0.15) is 0 Å². The van der Waals surface area contributed by atoms with Crippen LogP contribution in [0.3, 0.4) is 0 Å². The highest BCUT2D eigenvalue weighted by Crippen LogP contribution is 2.33. The van der Waals surface area contributed by atoms with Gasteiger partial charge in [-0.1, -0.05) is 47.7 Å². The average Bonchev–Trinajstić information content (AvgIpc) is 3.22. The number of thioether (sulfide) groups is 1. The minimum Gasteiger partial charge on any atom is -0.346 e. The summed E-state index contributed by atoms with van der Waals surface area (Å²) >= 11 is 1.72. The second-order valence-electron chi connectivity index (χ2n) is 6.25. The lowest BCUT2D eigenvalue weighted by molar-refractivity contribution is 0.0949. The van der Waals surface area contributed by atoms with E-state index in [0.717, 1.165) is 34.4 Å². The molecule has 0 saturated carbocycles. The molecule has 1 aromatic heterocycles. The largest absolute Gasteiger partial charge is 0.346 e. The summed E-state index contributed by atoms with van der Waals surface area (Å²) in [4.78, 5) is 17.1. The number of carbonyl (C=O) groups is 1. The van der Waals surface area contributed by atoms with Gasteiger partial charge in [-0.05, 0) is 25.1 Å². The Hall–Kier alpha value is -2.60. The molecule has 132 valence electrons. The van der Waals surface area contributed by atoms with Crippen molar-refractivity contribution in [1.82, 2.24) is 14.9 Å². The van der Waals surface area contributed by atoms with E-state index in [9.17, 15) is 9.18 Å². The van der Waals surface area contributed by atoms with Crippen LogP contribution in [0.2, 0.25) is 0 Å². The van der Waals surface area contributed by atoms with Gasteiger partial charge in [0.05, 0.1) is 17.9 Å². The Morgan fingerprint density at radius 1 is 1.27 bits per heavy atom. The molecule has 26 heavy (non-hydrogen) atoms. The first-order chi connectivity index (χ1) is 12.6. The standard InChI is InChI=1S/C20H18FN3OS/c1-13-5-7-14(8-6-13)18-17(24-9-10-26-20(24)23-18)12-22-19(25)15-3-2-4-16(21)11-15/h2-8,11H,9-10,12H2,1H3,(H,22,25). The highest BCUT2D eigenvalue weighted by atomic mass is 32.2. The zero-order valence-electron chi connectivity index (χ0n) is 14.3. The van der Waals surface area contributed by atoms with Gasteiger partial charge in [-0.3, -0.25) is 4.79 Å². The minimum absolute atomic E-state index is 0.291. The van der Waals surface area contributed by atoms with Crippen molar-refractivity contribution in [3.8, 4) is 11.3 Å². The van der Waals surface area contributed by atoms with Crippen molar-refractivity contribution < 1.29 is 9.18 Å². The lowest BCUT2D eigenvalue weighted by Gasteiger charge is -2.10. The lowest BCUT2D eigenvalue weighted by atomic mass is 10.1. The first-order valence-corrected chi connectivity index (χ1v) is 9.43. The van der Waals surface area contributed by atoms with E-state index in [2.05, 4.69) is 34.1 Å². The molecule has 0 aliphatic carbocycles. The van der Waals surface area contributed by atoms with Gasteiger partial charge >= 0.3 is 0 Å². The van der Waals surface area contributed by atoms with Gasteiger partial charge in [-0.15, -0.1) is 0 Å². The number of fused-ring (bicyclic) bond motifs is 1. The molecule has 1 N–H and O–H groups in total. The van der Waals surface area contributed by atoms with Crippen LogP contribution in [0.25, 0.3) is 11.3 Å². The lowest BCUT2D eigenvalue weighted by Crippen LogP contribution is -2.24. The molecule has 0 atom stereocenters. The normalized spacial score (nSPS) is 12.8. The molecule has 0 unspecified atom stereocenters. The number of aromatic nitrogens is 2. The van der Waals surface area contributed by atoms with Gasteiger partial charge in [-0.25, -0.2) is 9.37 Å². The van der Waals surface area contributed by atoms with E-state index in [4.69, 9.17) is 4.98 Å². The van der Waals surface area contributed by atoms with Crippen molar-refractivity contribution >= 4 is 17.7 Å². The predicted octanol–water partition coefficient (Wildman–Crippen LogP) is 4.03. The molecular weight excluding hydrogens is 349 g/mol. The maximum atomic E-state index is 13.3. The second kappa shape index (κ2) is 6.96. The number of imidazole rings is 1. The molecule has 2 heterocycles. The van der Waals surface area contributed by atoms with Gasteiger partial charge in [0, 0.05) is 23.4 Å². The van der Waals surface area contributed by atoms with E-state index in [0.29, 0.717) is 12.1 Å². The molecule has 1 aliphatic rings. The number of hydrogen-bond donors (Lipinski definition) is 1. The van der Waals surface area contributed by atoms with Crippen LogP contribution in [-0.4, -0.2) is 21.2 Å². The number of rotatable bonds is 4. The summed E-state index contributed by atoms with van der Waals surface area (Å²) in [5, 5.41) is 3.89. The molecule has 0 bridgehead atoms. The van der Waals surface area contributed by atoms with Crippen LogP contribution in [0.5, 0.6) is 0 Å². The molecule has 4 rings (SSSR count). The Labute approximate surface area is 155 Å². The monoisotopic (exact) mass is 367 g/mol. The SMILES string of the molecule is Cc1ccc(-c2nc3n(c2CNC(=O)c2cccc(F)c2)CCS3)cc1. The molecule has 0 spiro atoms. The van der Waals surface area contributed by atoms with Crippen LogP contribution in [0.4, 0.5) is 4.39 Å². The van der Waals surface area contributed by atoms with E-state index in [1.54, 1.807) is 17.8 Å². The van der Waals surface area contributed by atoms with E-state index < -0.39 is 5.82 Å². The Bertz CT molecular complexity index is 966. The van der Waals surface area contributed by atoms with Crippen molar-refractivity contribution in [3.05, 3.63) is 71.2 Å². The summed E-state index contributed by atoms with van der Waals surface area (Å²) in [6.45, 7) is 3.28.